The smallest absolute Gasteiger partial charge is 0.266 e. The molecule has 0 aliphatic heterocycles. The van der Waals surface area contributed by atoms with E-state index < -0.39 is 0 Å². The number of halogens is 1. The van der Waals surface area contributed by atoms with Gasteiger partial charge in [-0.1, -0.05) is 22.0 Å². The molecule has 0 atom stereocenters. The zero-order valence-electron chi connectivity index (χ0n) is 13.7. The molecule has 0 spiro atoms. The lowest BCUT2D eigenvalue weighted by Gasteiger charge is -2.09. The maximum atomic E-state index is 12.9. The van der Waals surface area contributed by atoms with Gasteiger partial charge in [0.15, 0.2) is 0 Å². The van der Waals surface area contributed by atoms with E-state index in [9.17, 15) is 9.59 Å². The topological polar surface area (TPSA) is 58.2 Å². The summed E-state index contributed by atoms with van der Waals surface area (Å²) in [4.78, 5) is 27.2. The van der Waals surface area contributed by atoms with E-state index in [2.05, 4.69) is 26.6 Å². The fraction of sp³-hybridized carbons (Fsp3) is 0.158. The minimum atomic E-state index is -0.173. The van der Waals surface area contributed by atoms with Gasteiger partial charge in [0.25, 0.3) is 11.8 Å². The lowest BCUT2D eigenvalue weighted by atomic mass is 10.1. The number of carbonyl (C=O) groups excluding carboxylic acids is 2. The van der Waals surface area contributed by atoms with Gasteiger partial charge in [0, 0.05) is 15.0 Å². The molecular weight excluding hydrogens is 432 g/mol. The number of fused-ring (bicyclic) bond motifs is 1. The second-order valence-corrected chi connectivity index (χ2v) is 8.92. The maximum absolute atomic E-state index is 12.9. The van der Waals surface area contributed by atoms with Crippen molar-refractivity contribution in [2.24, 2.45) is 0 Å². The highest BCUT2D eigenvalue weighted by Gasteiger charge is 2.27. The molecule has 4 rings (SSSR count). The number of carbonyl (C=O) groups is 2. The average Bonchev–Trinajstić information content (AvgIpc) is 3.33. The molecule has 2 N–H and O–H groups in total. The molecular formula is C19H15BrN2O2S2. The van der Waals surface area contributed by atoms with Crippen molar-refractivity contribution in [3.8, 4) is 0 Å². The van der Waals surface area contributed by atoms with Gasteiger partial charge in [-0.25, -0.2) is 0 Å². The quantitative estimate of drug-likeness (QED) is 0.550. The molecule has 132 valence electrons. The summed E-state index contributed by atoms with van der Waals surface area (Å²) in [6, 6.07) is 11.1. The van der Waals surface area contributed by atoms with Gasteiger partial charge in [-0.15, -0.1) is 22.7 Å². The van der Waals surface area contributed by atoms with Gasteiger partial charge in [0.05, 0.1) is 10.4 Å². The Kier molecular flexibility index (Phi) is 4.93. The molecule has 4 nitrogen and oxygen atoms in total. The zero-order chi connectivity index (χ0) is 18.1. The third kappa shape index (κ3) is 3.47. The Labute approximate surface area is 167 Å². The van der Waals surface area contributed by atoms with E-state index >= 15 is 0 Å². The number of nitrogens with one attached hydrogen (secondary N) is 2. The number of amides is 2. The molecule has 1 aliphatic rings. The highest BCUT2D eigenvalue weighted by molar-refractivity contribution is 9.10. The molecule has 0 radical (unpaired) electrons. The van der Waals surface area contributed by atoms with Crippen LogP contribution in [0.2, 0.25) is 0 Å². The maximum Gasteiger partial charge on any atom is 0.266 e. The second kappa shape index (κ2) is 7.34. The van der Waals surface area contributed by atoms with E-state index in [0.717, 1.165) is 35.0 Å². The van der Waals surface area contributed by atoms with Crippen molar-refractivity contribution in [1.82, 2.24) is 0 Å². The molecule has 2 aromatic heterocycles. The summed E-state index contributed by atoms with van der Waals surface area (Å²) in [5.74, 6) is -0.342. The predicted octanol–water partition coefficient (Wildman–Crippen LogP) is 5.57. The standard InChI is InChI=1S/C19H15BrN2O2S2/c20-11-6-8-12(9-7-11)21-18(24)16-13-3-1-4-14(13)26-19(16)22-17(23)15-5-2-10-25-15/h2,5-10H,1,3-4H2,(H,21,24)(H,22,23). The summed E-state index contributed by atoms with van der Waals surface area (Å²) in [7, 11) is 0. The van der Waals surface area contributed by atoms with Crippen LogP contribution in [0.15, 0.2) is 46.3 Å². The molecule has 0 fully saturated rings. The Morgan fingerprint density at radius 2 is 1.81 bits per heavy atom. The lowest BCUT2D eigenvalue weighted by molar-refractivity contribution is 0.102. The Morgan fingerprint density at radius 1 is 1.00 bits per heavy atom. The van der Waals surface area contributed by atoms with Crippen molar-refractivity contribution in [3.63, 3.8) is 0 Å². The van der Waals surface area contributed by atoms with Gasteiger partial charge in [-0.3, -0.25) is 9.59 Å². The van der Waals surface area contributed by atoms with Crippen LogP contribution >= 0.6 is 38.6 Å². The SMILES string of the molecule is O=C(Nc1sc2c(c1C(=O)Nc1ccc(Br)cc1)CCC2)c1cccs1. The number of rotatable bonds is 4. The highest BCUT2D eigenvalue weighted by Crippen LogP contribution is 2.39. The summed E-state index contributed by atoms with van der Waals surface area (Å²) >= 11 is 6.30. The predicted molar refractivity (Wildman–Crippen MR) is 111 cm³/mol. The Balaban J connectivity index is 1.62. The van der Waals surface area contributed by atoms with Crippen LogP contribution < -0.4 is 10.6 Å². The fourth-order valence-corrected chi connectivity index (χ4v) is 5.20. The molecule has 1 aromatic carbocycles. The zero-order valence-corrected chi connectivity index (χ0v) is 16.9. The van der Waals surface area contributed by atoms with Gasteiger partial charge < -0.3 is 10.6 Å². The van der Waals surface area contributed by atoms with Gasteiger partial charge in [-0.05, 0) is 60.5 Å². The Morgan fingerprint density at radius 3 is 2.54 bits per heavy atom. The molecule has 0 saturated carbocycles. The monoisotopic (exact) mass is 446 g/mol. The van der Waals surface area contributed by atoms with Crippen molar-refractivity contribution in [2.45, 2.75) is 19.3 Å². The van der Waals surface area contributed by atoms with E-state index in [1.165, 1.54) is 27.6 Å². The number of aryl methyl sites for hydroxylation is 1. The van der Waals surface area contributed by atoms with Gasteiger partial charge in [-0.2, -0.15) is 0 Å². The molecule has 1 aliphatic carbocycles. The summed E-state index contributed by atoms with van der Waals surface area (Å²) in [6.45, 7) is 0. The lowest BCUT2D eigenvalue weighted by Crippen LogP contribution is -2.17. The number of benzene rings is 1. The molecule has 3 aromatic rings. The molecule has 2 heterocycles. The number of anilines is 2. The highest BCUT2D eigenvalue weighted by atomic mass is 79.9. The Bertz CT molecular complexity index is 962. The number of hydrogen-bond acceptors (Lipinski definition) is 4. The first-order valence-electron chi connectivity index (χ1n) is 8.18. The van der Waals surface area contributed by atoms with E-state index in [1.54, 1.807) is 6.07 Å². The summed E-state index contributed by atoms with van der Waals surface area (Å²) in [6.07, 6.45) is 2.90. The largest absolute Gasteiger partial charge is 0.322 e. The fourth-order valence-electron chi connectivity index (χ4n) is 3.03. The van der Waals surface area contributed by atoms with E-state index in [1.807, 2.05) is 35.7 Å². The second-order valence-electron chi connectivity index (χ2n) is 5.95. The van der Waals surface area contributed by atoms with Crippen LogP contribution in [0.3, 0.4) is 0 Å². The van der Waals surface area contributed by atoms with E-state index in [-0.39, 0.29) is 11.8 Å². The Hall–Kier alpha value is -1.96. The van der Waals surface area contributed by atoms with Crippen molar-refractivity contribution < 1.29 is 9.59 Å². The van der Waals surface area contributed by atoms with Gasteiger partial charge in [0.2, 0.25) is 0 Å². The molecule has 0 bridgehead atoms. The molecule has 0 unspecified atom stereocenters. The summed E-state index contributed by atoms with van der Waals surface area (Å²) in [5, 5.41) is 8.39. The molecule has 7 heteroatoms. The molecule has 0 saturated heterocycles. The van der Waals surface area contributed by atoms with Crippen LogP contribution in [-0.2, 0) is 12.8 Å². The normalized spacial score (nSPS) is 12.7. The van der Waals surface area contributed by atoms with Crippen molar-refractivity contribution in [1.29, 1.82) is 0 Å². The average molecular weight is 447 g/mol. The van der Waals surface area contributed by atoms with Gasteiger partial charge in [0.1, 0.15) is 5.00 Å². The van der Waals surface area contributed by atoms with Crippen LogP contribution in [0.5, 0.6) is 0 Å². The molecule has 26 heavy (non-hydrogen) atoms. The van der Waals surface area contributed by atoms with Crippen LogP contribution in [0.1, 0.15) is 36.9 Å². The molecule has 2 amide bonds. The minimum absolute atomic E-state index is 0.169. The third-order valence-electron chi connectivity index (χ3n) is 4.22. The van der Waals surface area contributed by atoms with Crippen LogP contribution in [-0.4, -0.2) is 11.8 Å². The first-order valence-corrected chi connectivity index (χ1v) is 10.7. The number of thiophene rings is 2. The van der Waals surface area contributed by atoms with Crippen LogP contribution in [0.25, 0.3) is 0 Å². The van der Waals surface area contributed by atoms with E-state index in [4.69, 9.17) is 0 Å². The van der Waals surface area contributed by atoms with Crippen molar-refractivity contribution >= 4 is 61.1 Å². The van der Waals surface area contributed by atoms with Crippen molar-refractivity contribution in [3.05, 3.63) is 67.1 Å². The van der Waals surface area contributed by atoms with E-state index in [0.29, 0.717) is 15.4 Å². The number of hydrogen-bond donors (Lipinski definition) is 2. The third-order valence-corrected chi connectivity index (χ3v) is 6.83. The first kappa shape index (κ1) is 17.5. The van der Waals surface area contributed by atoms with Crippen molar-refractivity contribution in [2.75, 3.05) is 10.6 Å². The summed E-state index contributed by atoms with van der Waals surface area (Å²) < 4.78 is 0.954. The summed E-state index contributed by atoms with van der Waals surface area (Å²) in [5.41, 5.74) is 2.41. The van der Waals surface area contributed by atoms with Gasteiger partial charge >= 0.3 is 0 Å². The minimum Gasteiger partial charge on any atom is -0.322 e. The van der Waals surface area contributed by atoms with Crippen LogP contribution in [0, 0.1) is 0 Å². The first-order chi connectivity index (χ1) is 12.6. The van der Waals surface area contributed by atoms with Crippen LogP contribution in [0.4, 0.5) is 10.7 Å².